The number of hydrogen-bond donors (Lipinski definition) is 2. The molecule has 2 atom stereocenters. The van der Waals surface area contributed by atoms with Crippen LogP contribution >= 0.6 is 11.3 Å². The molecule has 0 saturated carbocycles. The molecule has 0 bridgehead atoms. The Kier molecular flexibility index (Phi) is 4.26. The number of nitrogens with zero attached hydrogens (tertiary/aromatic N) is 4. The minimum atomic E-state index is 0.0379. The molecule has 0 radical (unpaired) electrons. The van der Waals surface area contributed by atoms with Gasteiger partial charge >= 0.3 is 0 Å². The summed E-state index contributed by atoms with van der Waals surface area (Å²) in [6, 6.07) is 8.36. The van der Waals surface area contributed by atoms with E-state index in [9.17, 15) is 0 Å². The summed E-state index contributed by atoms with van der Waals surface area (Å²) < 4.78 is 7.16. The van der Waals surface area contributed by atoms with Crippen LogP contribution in [0.25, 0.3) is 15.9 Å². The molecule has 4 aromatic rings. The molecule has 4 heterocycles. The maximum Gasteiger partial charge on any atom is 0.170 e. The zero-order valence-electron chi connectivity index (χ0n) is 16.1. The highest BCUT2D eigenvalue weighted by atomic mass is 32.1. The molecule has 1 aromatic carbocycles. The standard InChI is InChI=1S/C20H22N6OS/c1-4-14-11(2)28-20-17(14)19-22-18(25-26(19)10-21-20)16-9-15(23-24-16)12-6-5-7-13(8-12)27-3/h5-8,10,15-16,23-24H,4,9H2,1-3H3. The van der Waals surface area contributed by atoms with Crippen molar-refractivity contribution in [1.29, 1.82) is 0 Å². The van der Waals surface area contributed by atoms with Crippen molar-refractivity contribution >= 4 is 27.2 Å². The van der Waals surface area contributed by atoms with Crippen LogP contribution in [0.3, 0.4) is 0 Å². The van der Waals surface area contributed by atoms with E-state index in [2.05, 4.69) is 41.8 Å². The first-order valence-electron chi connectivity index (χ1n) is 9.46. The summed E-state index contributed by atoms with van der Waals surface area (Å²) in [6.45, 7) is 4.33. The van der Waals surface area contributed by atoms with E-state index in [-0.39, 0.29) is 12.1 Å². The third-order valence-electron chi connectivity index (χ3n) is 5.41. The molecule has 2 unspecified atom stereocenters. The number of hydrogen-bond acceptors (Lipinski definition) is 7. The normalized spacial score (nSPS) is 19.7. The highest BCUT2D eigenvalue weighted by molar-refractivity contribution is 7.18. The summed E-state index contributed by atoms with van der Waals surface area (Å²) in [5.41, 5.74) is 10.1. The lowest BCUT2D eigenvalue weighted by molar-refractivity contribution is 0.413. The van der Waals surface area contributed by atoms with Gasteiger partial charge < -0.3 is 4.74 Å². The molecule has 3 aromatic heterocycles. The summed E-state index contributed by atoms with van der Waals surface area (Å²) in [6.07, 6.45) is 3.60. The van der Waals surface area contributed by atoms with Crippen LogP contribution < -0.4 is 15.6 Å². The van der Waals surface area contributed by atoms with Crippen molar-refractivity contribution in [1.82, 2.24) is 30.4 Å². The quantitative estimate of drug-likeness (QED) is 0.552. The van der Waals surface area contributed by atoms with E-state index in [4.69, 9.17) is 14.8 Å². The molecule has 28 heavy (non-hydrogen) atoms. The second-order valence-electron chi connectivity index (χ2n) is 7.06. The van der Waals surface area contributed by atoms with Crippen molar-refractivity contribution in [2.45, 2.75) is 38.8 Å². The molecule has 7 nitrogen and oxygen atoms in total. The number of aromatic nitrogens is 4. The molecule has 1 fully saturated rings. The molecular formula is C20H22N6OS. The van der Waals surface area contributed by atoms with Crippen molar-refractivity contribution < 1.29 is 4.74 Å². The number of aryl methyl sites for hydroxylation is 2. The Morgan fingerprint density at radius 1 is 1.29 bits per heavy atom. The smallest absolute Gasteiger partial charge is 0.170 e. The van der Waals surface area contributed by atoms with Crippen LogP contribution in [0.4, 0.5) is 0 Å². The van der Waals surface area contributed by atoms with Crippen LogP contribution in [0.5, 0.6) is 5.75 Å². The van der Waals surface area contributed by atoms with E-state index in [1.54, 1.807) is 24.8 Å². The van der Waals surface area contributed by atoms with E-state index in [0.29, 0.717) is 0 Å². The van der Waals surface area contributed by atoms with Crippen molar-refractivity contribution in [3.05, 3.63) is 52.4 Å². The Labute approximate surface area is 166 Å². The molecule has 144 valence electrons. The predicted molar refractivity (Wildman–Crippen MR) is 110 cm³/mol. The Balaban J connectivity index is 1.49. The number of methoxy groups -OCH3 is 1. The van der Waals surface area contributed by atoms with Gasteiger partial charge in [0.05, 0.1) is 18.5 Å². The van der Waals surface area contributed by atoms with Crippen LogP contribution in [-0.4, -0.2) is 26.7 Å². The van der Waals surface area contributed by atoms with Gasteiger partial charge in [-0.05, 0) is 43.0 Å². The number of fused-ring (bicyclic) bond motifs is 3. The first-order chi connectivity index (χ1) is 13.7. The third kappa shape index (κ3) is 2.76. The van der Waals surface area contributed by atoms with Crippen molar-refractivity contribution in [2.75, 3.05) is 7.11 Å². The van der Waals surface area contributed by atoms with Crippen LogP contribution in [0.2, 0.25) is 0 Å². The number of thiophene rings is 1. The van der Waals surface area contributed by atoms with E-state index < -0.39 is 0 Å². The lowest BCUT2D eigenvalue weighted by Gasteiger charge is -2.10. The first-order valence-corrected chi connectivity index (χ1v) is 10.3. The number of hydrazine groups is 1. The SMILES string of the molecule is CCc1c(C)sc2ncn3nc(C4CC(c5cccc(OC)c5)NN4)nc3c12. The second-order valence-corrected chi connectivity index (χ2v) is 8.26. The summed E-state index contributed by atoms with van der Waals surface area (Å²) in [5, 5.41) is 5.85. The van der Waals surface area contributed by atoms with Gasteiger partial charge in [0.25, 0.3) is 0 Å². The van der Waals surface area contributed by atoms with E-state index in [0.717, 1.165) is 40.3 Å². The van der Waals surface area contributed by atoms with Gasteiger partial charge in [0.15, 0.2) is 11.5 Å². The zero-order valence-corrected chi connectivity index (χ0v) is 16.9. The number of nitrogens with one attached hydrogen (secondary N) is 2. The van der Waals surface area contributed by atoms with E-state index in [1.807, 2.05) is 16.6 Å². The van der Waals surface area contributed by atoms with Gasteiger partial charge in [-0.2, -0.15) is 0 Å². The topological polar surface area (TPSA) is 76.4 Å². The highest BCUT2D eigenvalue weighted by Crippen LogP contribution is 2.34. The largest absolute Gasteiger partial charge is 0.497 e. The van der Waals surface area contributed by atoms with E-state index >= 15 is 0 Å². The average molecular weight is 395 g/mol. The van der Waals surface area contributed by atoms with E-state index in [1.165, 1.54) is 16.0 Å². The Hall–Kier alpha value is -2.55. The van der Waals surface area contributed by atoms with Crippen molar-refractivity contribution in [2.24, 2.45) is 0 Å². The van der Waals surface area contributed by atoms with Gasteiger partial charge in [-0.1, -0.05) is 19.1 Å². The average Bonchev–Trinajstić information content (AvgIpc) is 3.43. The van der Waals surface area contributed by atoms with Crippen LogP contribution in [-0.2, 0) is 6.42 Å². The zero-order chi connectivity index (χ0) is 19.3. The second kappa shape index (κ2) is 6.80. The number of ether oxygens (including phenoxy) is 1. The Morgan fingerprint density at radius 3 is 2.96 bits per heavy atom. The summed E-state index contributed by atoms with van der Waals surface area (Å²) in [5.74, 6) is 1.65. The minimum Gasteiger partial charge on any atom is -0.497 e. The Morgan fingerprint density at radius 2 is 2.14 bits per heavy atom. The van der Waals surface area contributed by atoms with Crippen LogP contribution in [0.1, 0.15) is 47.3 Å². The lowest BCUT2D eigenvalue weighted by Crippen LogP contribution is -2.27. The fourth-order valence-corrected chi connectivity index (χ4v) is 5.03. The lowest BCUT2D eigenvalue weighted by atomic mass is 10.0. The molecule has 0 spiro atoms. The molecule has 1 aliphatic heterocycles. The molecule has 5 rings (SSSR count). The predicted octanol–water partition coefficient (Wildman–Crippen LogP) is 3.50. The van der Waals surface area contributed by atoms with Crippen LogP contribution in [0, 0.1) is 6.92 Å². The highest BCUT2D eigenvalue weighted by Gasteiger charge is 2.30. The fourth-order valence-electron chi connectivity index (χ4n) is 3.96. The maximum atomic E-state index is 5.35. The van der Waals surface area contributed by atoms with Gasteiger partial charge in [0.1, 0.15) is 16.9 Å². The molecule has 0 aliphatic carbocycles. The molecule has 8 heteroatoms. The maximum absolute atomic E-state index is 5.35. The number of benzene rings is 1. The minimum absolute atomic E-state index is 0.0379. The molecule has 2 N–H and O–H groups in total. The molecule has 1 aliphatic rings. The van der Waals surface area contributed by atoms with Gasteiger partial charge in [0.2, 0.25) is 0 Å². The monoisotopic (exact) mass is 394 g/mol. The van der Waals surface area contributed by atoms with Gasteiger partial charge in [-0.3, -0.25) is 0 Å². The molecule has 1 saturated heterocycles. The number of rotatable bonds is 4. The van der Waals surface area contributed by atoms with Crippen molar-refractivity contribution in [3.8, 4) is 5.75 Å². The van der Waals surface area contributed by atoms with Gasteiger partial charge in [-0.25, -0.2) is 25.3 Å². The molecular weight excluding hydrogens is 372 g/mol. The van der Waals surface area contributed by atoms with Crippen molar-refractivity contribution in [3.63, 3.8) is 0 Å². The third-order valence-corrected chi connectivity index (χ3v) is 6.47. The first kappa shape index (κ1) is 17.5. The van der Waals surface area contributed by atoms with Gasteiger partial charge in [-0.15, -0.1) is 16.4 Å². The van der Waals surface area contributed by atoms with Gasteiger partial charge in [0, 0.05) is 10.9 Å². The molecule has 0 amide bonds. The Bertz CT molecular complexity index is 1170. The fraction of sp³-hybridized carbons (Fsp3) is 0.350. The summed E-state index contributed by atoms with van der Waals surface area (Å²) in [7, 11) is 1.69. The summed E-state index contributed by atoms with van der Waals surface area (Å²) in [4.78, 5) is 11.8. The summed E-state index contributed by atoms with van der Waals surface area (Å²) >= 11 is 1.73. The van der Waals surface area contributed by atoms with Crippen LogP contribution in [0.15, 0.2) is 30.6 Å².